The topological polar surface area (TPSA) is 21.3 Å². The van der Waals surface area contributed by atoms with Gasteiger partial charge in [0.05, 0.1) is 0 Å². The van der Waals surface area contributed by atoms with Crippen molar-refractivity contribution in [3.8, 4) is 5.75 Å². The molecule has 2 aromatic rings. The van der Waals surface area contributed by atoms with E-state index in [1.165, 1.54) is 5.56 Å². The number of benzene rings is 2. The van der Waals surface area contributed by atoms with Crippen molar-refractivity contribution in [3.63, 3.8) is 0 Å². The minimum absolute atomic E-state index is 0.0849. The van der Waals surface area contributed by atoms with Crippen molar-refractivity contribution in [2.24, 2.45) is 0 Å². The minimum atomic E-state index is 0.0849. The Morgan fingerprint density at radius 2 is 1.68 bits per heavy atom. The molecule has 0 radical (unpaired) electrons. The summed E-state index contributed by atoms with van der Waals surface area (Å²) in [4.78, 5) is 0. The molecule has 0 bridgehead atoms. The van der Waals surface area contributed by atoms with E-state index in [0.29, 0.717) is 6.61 Å². The van der Waals surface area contributed by atoms with Crippen LogP contribution in [0.3, 0.4) is 0 Å². The van der Waals surface area contributed by atoms with Crippen LogP contribution in [0.25, 0.3) is 0 Å². The van der Waals surface area contributed by atoms with Crippen molar-refractivity contribution in [2.75, 3.05) is 13.2 Å². The van der Waals surface area contributed by atoms with Gasteiger partial charge in [0.25, 0.3) is 0 Å². The van der Waals surface area contributed by atoms with Crippen LogP contribution in [0.1, 0.15) is 31.9 Å². The highest BCUT2D eigenvalue weighted by Crippen LogP contribution is 2.30. The lowest BCUT2D eigenvalue weighted by molar-refractivity contribution is 0.305. The van der Waals surface area contributed by atoms with Gasteiger partial charge in [-0.15, -0.1) is 0 Å². The molecular weight excluding hydrogens is 294 g/mol. The maximum Gasteiger partial charge on any atom is 0.123 e. The fourth-order valence-electron chi connectivity index (χ4n) is 2.31. The summed E-state index contributed by atoms with van der Waals surface area (Å²) in [7, 11) is 0. The standard InChI is InChI=1S/C19H24ClNO/c1-19(2,3)16-9-5-7-11-18(16)22-13-12-21-14-15-8-4-6-10-17(15)20/h4-11,21H,12-14H2,1-3H3. The van der Waals surface area contributed by atoms with E-state index in [-0.39, 0.29) is 5.41 Å². The number of hydrogen-bond donors (Lipinski definition) is 1. The molecule has 0 aliphatic heterocycles. The van der Waals surface area contributed by atoms with Crippen molar-refractivity contribution in [3.05, 3.63) is 64.7 Å². The van der Waals surface area contributed by atoms with Crippen LogP contribution in [-0.2, 0) is 12.0 Å². The quantitative estimate of drug-likeness (QED) is 0.772. The second kappa shape index (κ2) is 7.66. The molecule has 118 valence electrons. The van der Waals surface area contributed by atoms with Gasteiger partial charge >= 0.3 is 0 Å². The first-order valence-electron chi connectivity index (χ1n) is 7.65. The lowest BCUT2D eigenvalue weighted by Gasteiger charge is -2.22. The van der Waals surface area contributed by atoms with Crippen LogP contribution >= 0.6 is 11.6 Å². The lowest BCUT2D eigenvalue weighted by atomic mass is 9.86. The number of hydrogen-bond acceptors (Lipinski definition) is 2. The molecule has 3 heteroatoms. The number of rotatable bonds is 6. The van der Waals surface area contributed by atoms with Gasteiger partial charge in [-0.05, 0) is 28.7 Å². The molecule has 0 aliphatic carbocycles. The van der Waals surface area contributed by atoms with Crippen LogP contribution in [-0.4, -0.2) is 13.2 Å². The van der Waals surface area contributed by atoms with Gasteiger partial charge in [0.15, 0.2) is 0 Å². The Hall–Kier alpha value is -1.51. The lowest BCUT2D eigenvalue weighted by Crippen LogP contribution is -2.22. The second-order valence-electron chi connectivity index (χ2n) is 6.36. The Labute approximate surface area is 138 Å². The molecular formula is C19H24ClNO. The highest BCUT2D eigenvalue weighted by molar-refractivity contribution is 6.31. The molecule has 0 aromatic heterocycles. The summed E-state index contributed by atoms with van der Waals surface area (Å²) in [6, 6.07) is 16.1. The van der Waals surface area contributed by atoms with Crippen molar-refractivity contribution < 1.29 is 4.74 Å². The van der Waals surface area contributed by atoms with Crippen LogP contribution in [0, 0.1) is 0 Å². The summed E-state index contributed by atoms with van der Waals surface area (Å²) in [6.07, 6.45) is 0. The maximum absolute atomic E-state index is 6.13. The highest BCUT2D eigenvalue weighted by atomic mass is 35.5. The fourth-order valence-corrected chi connectivity index (χ4v) is 2.51. The summed E-state index contributed by atoms with van der Waals surface area (Å²) < 4.78 is 5.94. The number of halogens is 1. The Kier molecular flexibility index (Phi) is 5.87. The van der Waals surface area contributed by atoms with Crippen molar-refractivity contribution in [1.29, 1.82) is 0 Å². The van der Waals surface area contributed by atoms with Crippen LogP contribution in [0.2, 0.25) is 5.02 Å². The van der Waals surface area contributed by atoms with Crippen LogP contribution < -0.4 is 10.1 Å². The molecule has 0 atom stereocenters. The monoisotopic (exact) mass is 317 g/mol. The van der Waals surface area contributed by atoms with Crippen LogP contribution in [0.5, 0.6) is 5.75 Å². The van der Waals surface area contributed by atoms with E-state index in [1.807, 2.05) is 36.4 Å². The number of para-hydroxylation sites is 1. The molecule has 0 saturated heterocycles. The van der Waals surface area contributed by atoms with E-state index >= 15 is 0 Å². The Balaban J connectivity index is 1.82. The highest BCUT2D eigenvalue weighted by Gasteiger charge is 2.18. The molecule has 0 saturated carbocycles. The molecule has 1 N–H and O–H groups in total. The van der Waals surface area contributed by atoms with Crippen LogP contribution in [0.15, 0.2) is 48.5 Å². The second-order valence-corrected chi connectivity index (χ2v) is 6.77. The van der Waals surface area contributed by atoms with Crippen LogP contribution in [0.4, 0.5) is 0 Å². The van der Waals surface area contributed by atoms with E-state index in [9.17, 15) is 0 Å². The Morgan fingerprint density at radius 1 is 1.00 bits per heavy atom. The van der Waals surface area contributed by atoms with E-state index < -0.39 is 0 Å². The largest absolute Gasteiger partial charge is 0.492 e. The minimum Gasteiger partial charge on any atom is -0.492 e. The molecule has 0 unspecified atom stereocenters. The van der Waals surface area contributed by atoms with Crippen molar-refractivity contribution in [2.45, 2.75) is 32.7 Å². The fraction of sp³-hybridized carbons (Fsp3) is 0.368. The molecule has 2 rings (SSSR count). The zero-order valence-corrected chi connectivity index (χ0v) is 14.3. The molecule has 0 aliphatic rings. The van der Waals surface area contributed by atoms with Crippen molar-refractivity contribution >= 4 is 11.6 Å². The molecule has 2 nitrogen and oxygen atoms in total. The Morgan fingerprint density at radius 3 is 2.41 bits per heavy atom. The Bertz CT molecular complexity index is 604. The van der Waals surface area contributed by atoms with Gasteiger partial charge < -0.3 is 10.1 Å². The molecule has 0 fully saturated rings. The first-order valence-corrected chi connectivity index (χ1v) is 8.03. The maximum atomic E-state index is 6.13. The summed E-state index contributed by atoms with van der Waals surface area (Å²) in [6.45, 7) is 8.77. The first-order chi connectivity index (χ1) is 10.5. The summed E-state index contributed by atoms with van der Waals surface area (Å²) in [5.74, 6) is 0.967. The molecule has 0 spiro atoms. The third-order valence-electron chi connectivity index (χ3n) is 3.50. The molecule has 0 heterocycles. The summed E-state index contributed by atoms with van der Waals surface area (Å²) >= 11 is 6.13. The van der Waals surface area contributed by atoms with E-state index in [2.05, 4.69) is 38.2 Å². The van der Waals surface area contributed by atoms with Gasteiger partial charge in [-0.25, -0.2) is 0 Å². The molecule has 22 heavy (non-hydrogen) atoms. The van der Waals surface area contributed by atoms with Gasteiger partial charge in [0.1, 0.15) is 12.4 Å². The summed E-state index contributed by atoms with van der Waals surface area (Å²) in [5, 5.41) is 4.16. The van der Waals surface area contributed by atoms with Gasteiger partial charge in [-0.1, -0.05) is 68.8 Å². The average Bonchev–Trinajstić information content (AvgIpc) is 2.48. The smallest absolute Gasteiger partial charge is 0.123 e. The van der Waals surface area contributed by atoms with Crippen molar-refractivity contribution in [1.82, 2.24) is 5.32 Å². The zero-order chi connectivity index (χ0) is 16.0. The molecule has 2 aromatic carbocycles. The van der Waals surface area contributed by atoms with E-state index in [0.717, 1.165) is 29.4 Å². The predicted molar refractivity (Wildman–Crippen MR) is 93.8 cm³/mol. The first kappa shape index (κ1) is 16.9. The van der Waals surface area contributed by atoms with E-state index in [1.54, 1.807) is 0 Å². The number of ether oxygens (including phenoxy) is 1. The van der Waals surface area contributed by atoms with Gasteiger partial charge in [-0.3, -0.25) is 0 Å². The third-order valence-corrected chi connectivity index (χ3v) is 3.87. The average molecular weight is 318 g/mol. The number of nitrogens with one attached hydrogen (secondary N) is 1. The summed E-state index contributed by atoms with van der Waals surface area (Å²) in [5.41, 5.74) is 2.43. The van der Waals surface area contributed by atoms with E-state index in [4.69, 9.17) is 16.3 Å². The molecule has 0 amide bonds. The van der Waals surface area contributed by atoms with Gasteiger partial charge in [0, 0.05) is 18.1 Å². The normalized spacial score (nSPS) is 11.5. The van der Waals surface area contributed by atoms with Gasteiger partial charge in [0.2, 0.25) is 0 Å². The third kappa shape index (κ3) is 4.75. The SMILES string of the molecule is CC(C)(C)c1ccccc1OCCNCc1ccccc1Cl. The predicted octanol–water partition coefficient (Wildman–Crippen LogP) is 4.81. The van der Waals surface area contributed by atoms with Gasteiger partial charge in [-0.2, -0.15) is 0 Å². The zero-order valence-electron chi connectivity index (χ0n) is 13.5.